The highest BCUT2D eigenvalue weighted by molar-refractivity contribution is 7.92. The smallest absolute Gasteiger partial charge is 0.348 e. The lowest BCUT2D eigenvalue weighted by Crippen LogP contribution is -2.14. The number of amides is 1. The van der Waals surface area contributed by atoms with E-state index in [2.05, 4.69) is 10.0 Å². The molecule has 0 fully saturated rings. The van der Waals surface area contributed by atoms with Crippen molar-refractivity contribution in [3.8, 4) is 0 Å². The number of hydrogen-bond donors (Lipinski definition) is 2. The number of benzene rings is 2. The SMILES string of the molecule is CCOC(=O)c1sc(NC(=O)c2cccc(NS(=O)(=O)c3ccccc3)c2)cc1C. The lowest BCUT2D eigenvalue weighted by molar-refractivity contribution is 0.0531. The van der Waals surface area contributed by atoms with Crippen molar-refractivity contribution in [3.05, 3.63) is 76.7 Å². The van der Waals surface area contributed by atoms with Gasteiger partial charge in [-0.15, -0.1) is 11.3 Å². The normalized spacial score (nSPS) is 11.0. The minimum absolute atomic E-state index is 0.125. The van der Waals surface area contributed by atoms with Gasteiger partial charge in [0.15, 0.2) is 0 Å². The van der Waals surface area contributed by atoms with E-state index >= 15 is 0 Å². The summed E-state index contributed by atoms with van der Waals surface area (Å²) in [6.07, 6.45) is 0. The van der Waals surface area contributed by atoms with Gasteiger partial charge in [0.2, 0.25) is 0 Å². The van der Waals surface area contributed by atoms with Crippen molar-refractivity contribution in [1.29, 1.82) is 0 Å². The molecular weight excluding hydrogens is 424 g/mol. The van der Waals surface area contributed by atoms with Gasteiger partial charge in [-0.1, -0.05) is 24.3 Å². The highest BCUT2D eigenvalue weighted by atomic mass is 32.2. The Morgan fingerprint density at radius 3 is 2.47 bits per heavy atom. The zero-order valence-corrected chi connectivity index (χ0v) is 18.0. The third-order valence-corrected chi connectivity index (χ3v) is 6.58. The molecule has 7 nitrogen and oxygen atoms in total. The van der Waals surface area contributed by atoms with E-state index in [9.17, 15) is 18.0 Å². The summed E-state index contributed by atoms with van der Waals surface area (Å²) >= 11 is 1.12. The molecule has 1 aromatic heterocycles. The molecule has 9 heteroatoms. The van der Waals surface area contributed by atoms with E-state index < -0.39 is 21.9 Å². The summed E-state index contributed by atoms with van der Waals surface area (Å²) in [5.74, 6) is -0.856. The summed E-state index contributed by atoms with van der Waals surface area (Å²) in [5.41, 5.74) is 1.24. The van der Waals surface area contributed by atoms with E-state index in [1.54, 1.807) is 56.3 Å². The molecule has 2 aromatic carbocycles. The van der Waals surface area contributed by atoms with Crippen LogP contribution in [0.5, 0.6) is 0 Å². The van der Waals surface area contributed by atoms with Gasteiger partial charge < -0.3 is 10.1 Å². The van der Waals surface area contributed by atoms with Gasteiger partial charge in [-0.05, 0) is 55.8 Å². The Labute approximate surface area is 178 Å². The number of sulfonamides is 1. The molecule has 30 heavy (non-hydrogen) atoms. The highest BCUT2D eigenvalue weighted by Crippen LogP contribution is 2.28. The number of carbonyl (C=O) groups excluding carboxylic acids is 2. The Balaban J connectivity index is 1.75. The van der Waals surface area contributed by atoms with Crippen LogP contribution in [0.2, 0.25) is 0 Å². The molecule has 1 amide bonds. The average molecular weight is 445 g/mol. The van der Waals surface area contributed by atoms with E-state index in [1.807, 2.05) is 0 Å². The summed E-state index contributed by atoms with van der Waals surface area (Å²) in [6, 6.07) is 15.8. The number of nitrogens with one attached hydrogen (secondary N) is 2. The van der Waals surface area contributed by atoms with Crippen molar-refractivity contribution in [3.63, 3.8) is 0 Å². The van der Waals surface area contributed by atoms with Gasteiger partial charge in [0.25, 0.3) is 15.9 Å². The fourth-order valence-corrected chi connectivity index (χ4v) is 4.70. The van der Waals surface area contributed by atoms with E-state index in [4.69, 9.17) is 4.74 Å². The minimum Gasteiger partial charge on any atom is -0.462 e. The zero-order chi connectivity index (χ0) is 21.7. The summed E-state index contributed by atoms with van der Waals surface area (Å²) in [5, 5.41) is 3.23. The predicted molar refractivity (Wildman–Crippen MR) is 117 cm³/mol. The zero-order valence-electron chi connectivity index (χ0n) is 16.3. The lowest BCUT2D eigenvalue weighted by atomic mass is 10.2. The fraction of sp³-hybridized carbons (Fsp3) is 0.143. The monoisotopic (exact) mass is 444 g/mol. The highest BCUT2D eigenvalue weighted by Gasteiger charge is 2.18. The van der Waals surface area contributed by atoms with Crippen molar-refractivity contribution in [1.82, 2.24) is 0 Å². The number of aryl methyl sites for hydroxylation is 1. The summed E-state index contributed by atoms with van der Waals surface area (Å²) in [7, 11) is -3.76. The van der Waals surface area contributed by atoms with Crippen LogP contribution in [0.1, 0.15) is 32.5 Å². The van der Waals surface area contributed by atoms with E-state index in [-0.39, 0.29) is 22.8 Å². The van der Waals surface area contributed by atoms with Crippen molar-refractivity contribution in [2.75, 3.05) is 16.6 Å². The molecule has 3 rings (SSSR count). The molecule has 0 aliphatic rings. The van der Waals surface area contributed by atoms with Crippen LogP contribution in [-0.4, -0.2) is 26.9 Å². The molecule has 0 spiro atoms. The van der Waals surface area contributed by atoms with Crippen molar-refractivity contribution in [2.24, 2.45) is 0 Å². The molecule has 0 bridgehead atoms. The Bertz CT molecular complexity index is 1170. The first-order chi connectivity index (χ1) is 14.3. The standard InChI is InChI=1S/C21H20N2O5S2/c1-3-28-21(25)19-14(2)12-18(29-19)22-20(24)15-8-7-9-16(13-15)23-30(26,27)17-10-5-4-6-11-17/h4-13,23H,3H2,1-2H3,(H,22,24). The summed E-state index contributed by atoms with van der Waals surface area (Å²) < 4.78 is 32.4. The van der Waals surface area contributed by atoms with Gasteiger partial charge >= 0.3 is 5.97 Å². The molecule has 0 saturated carbocycles. The second-order valence-electron chi connectivity index (χ2n) is 6.30. The van der Waals surface area contributed by atoms with Crippen LogP contribution in [0.25, 0.3) is 0 Å². The number of thiophene rings is 1. The number of hydrogen-bond acceptors (Lipinski definition) is 6. The molecule has 0 aliphatic carbocycles. The van der Waals surface area contributed by atoms with E-state index in [1.165, 1.54) is 18.2 Å². The summed E-state index contributed by atoms with van der Waals surface area (Å²) in [6.45, 7) is 3.75. The Morgan fingerprint density at radius 1 is 1.03 bits per heavy atom. The van der Waals surface area contributed by atoms with Crippen LogP contribution < -0.4 is 10.0 Å². The van der Waals surface area contributed by atoms with Crippen LogP contribution in [0.4, 0.5) is 10.7 Å². The topological polar surface area (TPSA) is 102 Å². The van der Waals surface area contributed by atoms with E-state index in [0.29, 0.717) is 15.4 Å². The molecule has 0 saturated heterocycles. The first-order valence-electron chi connectivity index (χ1n) is 9.07. The second kappa shape index (κ2) is 9.10. The lowest BCUT2D eigenvalue weighted by Gasteiger charge is -2.09. The second-order valence-corrected chi connectivity index (χ2v) is 9.03. The first-order valence-corrected chi connectivity index (χ1v) is 11.4. The van der Waals surface area contributed by atoms with Gasteiger partial charge in [0.1, 0.15) is 4.88 Å². The van der Waals surface area contributed by atoms with Crippen LogP contribution >= 0.6 is 11.3 Å². The van der Waals surface area contributed by atoms with Crippen LogP contribution in [0.15, 0.2) is 65.6 Å². The van der Waals surface area contributed by atoms with Gasteiger partial charge in [-0.25, -0.2) is 13.2 Å². The Hall–Kier alpha value is -3.17. The predicted octanol–water partition coefficient (Wildman–Crippen LogP) is 4.29. The van der Waals surface area contributed by atoms with Crippen molar-refractivity contribution < 1.29 is 22.7 Å². The average Bonchev–Trinajstić information content (AvgIpc) is 3.09. The van der Waals surface area contributed by atoms with Gasteiger partial charge in [0, 0.05) is 11.3 Å². The molecular formula is C21H20N2O5S2. The Kier molecular flexibility index (Phi) is 6.53. The molecule has 0 unspecified atom stereocenters. The minimum atomic E-state index is -3.76. The fourth-order valence-electron chi connectivity index (χ4n) is 2.66. The quantitative estimate of drug-likeness (QED) is 0.530. The maximum absolute atomic E-state index is 12.6. The van der Waals surface area contributed by atoms with Gasteiger partial charge in [-0.3, -0.25) is 9.52 Å². The first kappa shape index (κ1) is 21.5. The van der Waals surface area contributed by atoms with Crippen molar-refractivity contribution >= 4 is 43.9 Å². The van der Waals surface area contributed by atoms with Gasteiger partial charge in [0.05, 0.1) is 16.5 Å². The Morgan fingerprint density at radius 2 is 1.77 bits per heavy atom. The molecule has 156 valence electrons. The molecule has 0 atom stereocenters. The maximum atomic E-state index is 12.6. The van der Waals surface area contributed by atoms with Crippen LogP contribution in [-0.2, 0) is 14.8 Å². The number of carbonyl (C=O) groups is 2. The van der Waals surface area contributed by atoms with Crippen LogP contribution in [0.3, 0.4) is 0 Å². The molecule has 3 aromatic rings. The molecule has 2 N–H and O–H groups in total. The van der Waals surface area contributed by atoms with Crippen molar-refractivity contribution in [2.45, 2.75) is 18.7 Å². The summed E-state index contributed by atoms with van der Waals surface area (Å²) in [4.78, 5) is 25.1. The molecule has 0 aliphatic heterocycles. The van der Waals surface area contributed by atoms with Gasteiger partial charge in [-0.2, -0.15) is 0 Å². The maximum Gasteiger partial charge on any atom is 0.348 e. The number of esters is 1. The third-order valence-electron chi connectivity index (χ3n) is 4.05. The molecule has 1 heterocycles. The number of ether oxygens (including phenoxy) is 1. The largest absolute Gasteiger partial charge is 0.462 e. The third kappa shape index (κ3) is 5.05. The number of rotatable bonds is 7. The van der Waals surface area contributed by atoms with Crippen LogP contribution in [0, 0.1) is 6.92 Å². The molecule has 0 radical (unpaired) electrons. The van der Waals surface area contributed by atoms with E-state index in [0.717, 1.165) is 11.3 Å². The number of anilines is 2.